The highest BCUT2D eigenvalue weighted by Gasteiger charge is 2.36. The molecule has 11 heterocycles. The minimum absolute atomic E-state index is 0.0684. The first-order valence-electron chi connectivity index (χ1n) is 32.9. The molecule has 11 rings (SSSR count). The number of pyridine rings is 1. The molecule has 1 amide bonds. The molecule has 29 nitrogen and oxygen atoms in total. The van der Waals surface area contributed by atoms with Crippen molar-refractivity contribution < 1.29 is 62.2 Å². The van der Waals surface area contributed by atoms with E-state index in [2.05, 4.69) is 124 Å². The van der Waals surface area contributed by atoms with Gasteiger partial charge in [-0.1, -0.05) is 56.6 Å². The summed E-state index contributed by atoms with van der Waals surface area (Å²) in [5.41, 5.74) is 4.53. The molecule has 35 heteroatoms. The third kappa shape index (κ3) is 28.9. The SMILES string of the molecule is CB(O)N1CCC(=O)C(C)C1.COc1ccc(Br)nn1.COc1ccc(C2=CC(C)CNC2)nn1.COc1ccc(C2CN([B]C=O)CC(C)C2=O)nn1.COc1ccc(C2CN([B]C=O)CC(C)C2O)nn1.COc1ccc(C2CNCC(C)C2)nn1.C[C@@H](Br)C(=O)Nc1ccc(F)cn1. The van der Waals surface area contributed by atoms with E-state index in [9.17, 15) is 38.5 Å². The highest BCUT2D eigenvalue weighted by atomic mass is 79.9. The molecule has 0 saturated carbocycles. The molecule has 0 spiro atoms. The number of aliphatic hydroxyl groups excluding tert-OH is 1. The normalized spacial score (nSPS) is 22.1. The summed E-state index contributed by atoms with van der Waals surface area (Å²) in [7, 11) is 10.4. The predicted octanol–water partition coefficient (Wildman–Crippen LogP) is 5.09. The Kier molecular flexibility index (Phi) is 37.0. The van der Waals surface area contributed by atoms with Gasteiger partial charge in [0.25, 0.3) is 14.8 Å². The van der Waals surface area contributed by atoms with Crippen LogP contribution in [0.2, 0.25) is 6.82 Å². The first kappa shape index (κ1) is 83.9. The summed E-state index contributed by atoms with van der Waals surface area (Å²) in [4.78, 5) is 64.6. The Morgan fingerprint density at radius 3 is 1.71 bits per heavy atom. The van der Waals surface area contributed by atoms with Gasteiger partial charge < -0.3 is 73.8 Å². The molecule has 4 saturated heterocycles. The number of anilines is 1. The summed E-state index contributed by atoms with van der Waals surface area (Å²) in [6, 6.07) is 20.8. The number of amides is 1. The van der Waals surface area contributed by atoms with Gasteiger partial charge in [0.05, 0.1) is 93.7 Å². The fourth-order valence-corrected chi connectivity index (χ4v) is 11.2. The first-order valence-corrected chi connectivity index (χ1v) is 34.6. The number of hydrogen-bond donors (Lipinski definition) is 5. The molecule has 6 aromatic heterocycles. The van der Waals surface area contributed by atoms with Crippen molar-refractivity contribution in [2.75, 3.05) is 106 Å². The summed E-state index contributed by atoms with van der Waals surface area (Å²) in [6.45, 7) is 21.3. The van der Waals surface area contributed by atoms with Crippen LogP contribution in [0.4, 0.5) is 10.2 Å². The maximum Gasteiger partial charge on any atom is 0.376 e. The summed E-state index contributed by atoms with van der Waals surface area (Å²) >= 11 is 6.24. The highest BCUT2D eigenvalue weighted by molar-refractivity contribution is 9.10. The van der Waals surface area contributed by atoms with E-state index in [4.69, 9.17) is 23.7 Å². The van der Waals surface area contributed by atoms with Crippen LogP contribution in [0.1, 0.15) is 94.9 Å². The van der Waals surface area contributed by atoms with Gasteiger partial charge in [-0.15, -0.1) is 35.7 Å². The van der Waals surface area contributed by atoms with E-state index < -0.39 is 19.0 Å². The van der Waals surface area contributed by atoms with E-state index in [1.165, 1.54) is 53.2 Å². The van der Waals surface area contributed by atoms with Gasteiger partial charge >= 0.3 is 7.05 Å². The number of alkyl halides is 1. The molecule has 10 atom stereocenters. The molecular formula is C66H91B3Br2FN17O12. The minimum Gasteiger partial charge on any atom is -0.480 e. The molecule has 4 fully saturated rings. The third-order valence-electron chi connectivity index (χ3n) is 16.4. The number of carbonyl (C=O) groups excluding carboxylic acids is 5. The fourth-order valence-electron chi connectivity index (χ4n) is 10.9. The van der Waals surface area contributed by atoms with Crippen LogP contribution in [-0.2, 0) is 24.0 Å². The van der Waals surface area contributed by atoms with Crippen molar-refractivity contribution in [2.45, 2.75) is 89.9 Å². The van der Waals surface area contributed by atoms with Crippen LogP contribution in [0.15, 0.2) is 89.7 Å². The number of rotatable bonds is 16. The lowest BCUT2D eigenvalue weighted by molar-refractivity contribution is -0.126. The van der Waals surface area contributed by atoms with Crippen LogP contribution in [0.5, 0.6) is 29.4 Å². The van der Waals surface area contributed by atoms with Gasteiger partial charge in [-0.2, -0.15) is 15.3 Å². The predicted molar refractivity (Wildman–Crippen MR) is 388 cm³/mol. The lowest BCUT2D eigenvalue weighted by atomic mass is 9.79. The Hall–Kier alpha value is -7.76. The van der Waals surface area contributed by atoms with E-state index in [1.54, 1.807) is 71.5 Å². The minimum atomic E-state index is -0.487. The lowest BCUT2D eigenvalue weighted by Gasteiger charge is -2.39. The number of nitrogens with one attached hydrogen (secondary N) is 3. The number of aliphatic hydroxyl groups is 1. The van der Waals surface area contributed by atoms with Gasteiger partial charge in [0.1, 0.15) is 27.8 Å². The molecule has 5 aliphatic heterocycles. The molecule has 101 heavy (non-hydrogen) atoms. The Bertz CT molecular complexity index is 3470. The van der Waals surface area contributed by atoms with Crippen LogP contribution in [-0.4, -0.2) is 244 Å². The standard InChI is InChI=1S/C12H17BN3O3.C12H15BN3O3.C11H17N3O.C11H15N3O.C8H8BrFN2O.C7H14BNO2.C5H5BrN2O/c2*1-8-5-16(13-7-17)6-9(12(8)18)10-3-4-11(19-2)15-14-10;2*1-8-5-9(7-12-6-8)10-3-4-11(15-2)14-13-10;1-5(9)8(13)12-7-3-2-6(10)4-11-7;1-6-5-9(8(2)11)4-3-7(6)10;1-9-5-3-2-4(6)7-8-5/h3-4,7-9,12,18H,5-6H2,1-2H3;3-4,7-9H,5-6H2,1-2H3;3-4,8-9,12H,5-7H2,1-2H3;3-5,8,12H,6-7H2,1-2H3;2-5H,1H3,(H,11,12,13);6,11H,3-5H2,1-2H3;2-3H,1H3/t;;;;5-;;/m....1../s1. The molecule has 2 radical (unpaired) electrons. The fraction of sp³-hybridized carbons (Fsp3) is 0.515. The molecular weight excluding hydrogens is 1430 g/mol. The Labute approximate surface area is 608 Å². The maximum absolute atomic E-state index is 12.4. The van der Waals surface area contributed by atoms with E-state index in [0.717, 1.165) is 56.1 Å². The first-order chi connectivity index (χ1) is 48.4. The highest BCUT2D eigenvalue weighted by Crippen LogP contribution is 2.30. The van der Waals surface area contributed by atoms with Gasteiger partial charge in [0.15, 0.2) is 0 Å². The van der Waals surface area contributed by atoms with Crippen molar-refractivity contribution in [2.24, 2.45) is 29.6 Å². The van der Waals surface area contributed by atoms with E-state index in [-0.39, 0.29) is 46.1 Å². The number of ketones is 2. The molecule has 0 bridgehead atoms. The average molecular weight is 1530 g/mol. The largest absolute Gasteiger partial charge is 0.480 e. The topological polar surface area (TPSA) is 360 Å². The molecule has 6 aromatic rings. The van der Waals surface area contributed by atoms with E-state index in [1.807, 2.05) is 59.5 Å². The van der Waals surface area contributed by atoms with Crippen LogP contribution in [0.25, 0.3) is 5.57 Å². The Morgan fingerprint density at radius 2 is 1.24 bits per heavy atom. The van der Waals surface area contributed by atoms with E-state index in [0.29, 0.717) is 120 Å². The van der Waals surface area contributed by atoms with Crippen molar-refractivity contribution in [3.8, 4) is 29.4 Å². The summed E-state index contributed by atoms with van der Waals surface area (Å²) in [5.74, 6) is 3.98. The Morgan fingerprint density at radius 1 is 0.683 bits per heavy atom. The van der Waals surface area contributed by atoms with Crippen LogP contribution in [0, 0.1) is 35.4 Å². The zero-order chi connectivity index (χ0) is 74.0. The molecule has 0 aliphatic carbocycles. The second-order valence-corrected chi connectivity index (χ2v) is 26.7. The second-order valence-electron chi connectivity index (χ2n) is 24.5. The summed E-state index contributed by atoms with van der Waals surface area (Å²) in [5, 5.41) is 68.3. The summed E-state index contributed by atoms with van der Waals surface area (Å²) in [6.07, 6.45) is 6.08. The number of methoxy groups -OCH3 is 5. The second kappa shape index (κ2) is 44.6. The lowest BCUT2D eigenvalue weighted by Crippen LogP contribution is -2.49. The third-order valence-corrected chi connectivity index (χ3v) is 17.3. The molecule has 0 aromatic carbocycles. The number of nitrogens with zero attached hydrogens (tertiary/aromatic N) is 14. The average Bonchev–Trinajstić information content (AvgIpc) is 0.835. The number of hydrogen-bond acceptors (Lipinski definition) is 28. The van der Waals surface area contributed by atoms with Crippen molar-refractivity contribution in [3.05, 3.63) is 118 Å². The molecule has 5 aliphatic rings. The van der Waals surface area contributed by atoms with Gasteiger partial charge in [-0.05, 0) is 141 Å². The van der Waals surface area contributed by atoms with Gasteiger partial charge in [-0.25, -0.2) is 9.37 Å². The summed E-state index contributed by atoms with van der Waals surface area (Å²) < 4.78 is 37.7. The van der Waals surface area contributed by atoms with Crippen LogP contribution in [0.3, 0.4) is 0 Å². The maximum atomic E-state index is 12.4. The zero-order valence-corrected chi connectivity index (χ0v) is 62.3. The zero-order valence-electron chi connectivity index (χ0n) is 59.1. The molecule has 9 unspecified atom stereocenters. The quantitative estimate of drug-likeness (QED) is 0.0478. The van der Waals surface area contributed by atoms with Crippen LogP contribution < -0.4 is 39.6 Å². The number of aromatic nitrogens is 11. The number of carbonyl (C=O) groups is 5. The number of halogens is 3. The van der Waals surface area contributed by atoms with Crippen molar-refractivity contribution in [1.82, 2.24) is 81.0 Å². The number of ether oxygens (including phenoxy) is 5. The van der Waals surface area contributed by atoms with E-state index >= 15 is 0 Å². The number of piperidine rings is 4. The number of Topliss-reactive ketones (excluding diaryl/α,β-unsaturated/α-hetero) is 2. The van der Waals surface area contributed by atoms with Gasteiger partial charge in [0, 0.05) is 86.6 Å². The Balaban J connectivity index is 0.000000215. The molecule has 542 valence electrons. The molecule has 5 N–H and O–H groups in total. The van der Waals surface area contributed by atoms with Gasteiger partial charge in [-0.3, -0.25) is 14.4 Å². The van der Waals surface area contributed by atoms with Crippen molar-refractivity contribution >= 4 is 95.0 Å². The monoisotopic (exact) mass is 1520 g/mol. The smallest absolute Gasteiger partial charge is 0.376 e. The van der Waals surface area contributed by atoms with Crippen molar-refractivity contribution in [3.63, 3.8) is 0 Å². The van der Waals surface area contributed by atoms with Crippen LogP contribution >= 0.6 is 31.9 Å². The van der Waals surface area contributed by atoms with Gasteiger partial charge in [0.2, 0.25) is 35.3 Å². The van der Waals surface area contributed by atoms with Crippen molar-refractivity contribution in [1.29, 1.82) is 0 Å².